The van der Waals surface area contributed by atoms with Gasteiger partial charge in [-0.05, 0) is 43.9 Å². The van der Waals surface area contributed by atoms with Crippen LogP contribution in [0.2, 0.25) is 0 Å². The summed E-state index contributed by atoms with van der Waals surface area (Å²) in [4.78, 5) is 20.7. The average Bonchev–Trinajstić information content (AvgIpc) is 3.55. The topological polar surface area (TPSA) is 89.2 Å². The van der Waals surface area contributed by atoms with E-state index >= 15 is 0 Å². The lowest BCUT2D eigenvalue weighted by atomic mass is 10.1. The van der Waals surface area contributed by atoms with E-state index in [0.717, 1.165) is 49.7 Å². The molecule has 0 bridgehead atoms. The van der Waals surface area contributed by atoms with Gasteiger partial charge in [0.05, 0.1) is 18.1 Å². The Morgan fingerprint density at radius 3 is 2.83 bits per heavy atom. The monoisotopic (exact) mass is 392 g/mol. The number of furan rings is 1. The first-order chi connectivity index (χ1) is 14.4. The zero-order chi connectivity index (χ0) is 19.5. The molecule has 8 heteroatoms. The van der Waals surface area contributed by atoms with Gasteiger partial charge in [-0.1, -0.05) is 0 Å². The Kier molecular flexibility index (Phi) is 5.08. The summed E-state index contributed by atoms with van der Waals surface area (Å²) in [5.74, 6) is 2.00. The van der Waals surface area contributed by atoms with Gasteiger partial charge in [-0.15, -0.1) is 0 Å². The third-order valence-corrected chi connectivity index (χ3v) is 5.36. The van der Waals surface area contributed by atoms with Crippen LogP contribution in [0.4, 0.5) is 11.9 Å². The highest BCUT2D eigenvalue weighted by molar-refractivity contribution is 5.77. The van der Waals surface area contributed by atoms with Crippen LogP contribution in [0.15, 0.2) is 41.3 Å². The normalized spacial score (nSPS) is 19.0. The first kappa shape index (κ1) is 18.1. The Hall–Kier alpha value is -3.00. The fourth-order valence-corrected chi connectivity index (χ4v) is 3.83. The molecule has 2 fully saturated rings. The van der Waals surface area contributed by atoms with E-state index in [4.69, 9.17) is 19.1 Å². The number of rotatable bonds is 6. The van der Waals surface area contributed by atoms with Crippen molar-refractivity contribution >= 4 is 11.9 Å². The molecule has 3 aromatic heterocycles. The van der Waals surface area contributed by atoms with Crippen LogP contribution in [0.25, 0.3) is 22.7 Å². The average molecular weight is 392 g/mol. The lowest BCUT2D eigenvalue weighted by molar-refractivity contribution is 0.120. The van der Waals surface area contributed by atoms with Gasteiger partial charge in [0.1, 0.15) is 5.69 Å². The van der Waals surface area contributed by atoms with E-state index in [9.17, 15) is 0 Å². The van der Waals surface area contributed by atoms with E-state index in [1.165, 1.54) is 12.8 Å². The van der Waals surface area contributed by atoms with E-state index in [0.29, 0.717) is 23.9 Å². The third kappa shape index (κ3) is 3.93. The molecule has 5 heterocycles. The number of anilines is 2. The zero-order valence-electron chi connectivity index (χ0n) is 16.3. The Morgan fingerprint density at radius 2 is 2.03 bits per heavy atom. The van der Waals surface area contributed by atoms with Crippen molar-refractivity contribution in [1.29, 1.82) is 0 Å². The minimum absolute atomic E-state index is 0.218. The van der Waals surface area contributed by atoms with E-state index in [1.54, 1.807) is 18.7 Å². The third-order valence-electron chi connectivity index (χ3n) is 5.36. The van der Waals surface area contributed by atoms with E-state index in [1.807, 2.05) is 18.2 Å². The van der Waals surface area contributed by atoms with Crippen molar-refractivity contribution in [3.63, 3.8) is 0 Å². The Morgan fingerprint density at radius 1 is 1.10 bits per heavy atom. The van der Waals surface area contributed by atoms with Crippen LogP contribution in [0.5, 0.6) is 0 Å². The molecule has 150 valence electrons. The van der Waals surface area contributed by atoms with Gasteiger partial charge in [-0.2, -0.15) is 0 Å². The first-order valence-electron chi connectivity index (χ1n) is 10.2. The fourth-order valence-electron chi connectivity index (χ4n) is 3.83. The Balaban J connectivity index is 1.46. The van der Waals surface area contributed by atoms with Crippen molar-refractivity contribution in [2.24, 2.45) is 0 Å². The van der Waals surface area contributed by atoms with Crippen molar-refractivity contribution in [1.82, 2.24) is 19.9 Å². The number of aromatic nitrogens is 4. The van der Waals surface area contributed by atoms with Crippen molar-refractivity contribution in [3.05, 3.63) is 36.9 Å². The van der Waals surface area contributed by atoms with Crippen molar-refractivity contribution in [2.75, 3.05) is 36.5 Å². The maximum atomic E-state index is 5.67. The second-order valence-electron chi connectivity index (χ2n) is 7.39. The van der Waals surface area contributed by atoms with Gasteiger partial charge >= 0.3 is 0 Å². The van der Waals surface area contributed by atoms with Gasteiger partial charge < -0.3 is 19.4 Å². The lowest BCUT2D eigenvalue weighted by Crippen LogP contribution is -2.20. The molecule has 0 aromatic carbocycles. The molecule has 0 radical (unpaired) electrons. The van der Waals surface area contributed by atoms with Crippen LogP contribution in [-0.2, 0) is 4.74 Å². The van der Waals surface area contributed by atoms with Crippen LogP contribution < -0.4 is 10.2 Å². The van der Waals surface area contributed by atoms with Gasteiger partial charge in [-0.3, -0.25) is 0 Å². The quantitative estimate of drug-likeness (QED) is 0.683. The second-order valence-corrected chi connectivity index (χ2v) is 7.39. The molecule has 0 aliphatic carbocycles. The predicted molar refractivity (Wildman–Crippen MR) is 110 cm³/mol. The van der Waals surface area contributed by atoms with Crippen LogP contribution in [0.1, 0.15) is 25.7 Å². The molecule has 0 saturated carbocycles. The summed E-state index contributed by atoms with van der Waals surface area (Å²) in [7, 11) is 0. The molecule has 5 rings (SSSR count). The molecule has 0 unspecified atom stereocenters. The highest BCUT2D eigenvalue weighted by Gasteiger charge is 2.20. The summed E-state index contributed by atoms with van der Waals surface area (Å²) in [5.41, 5.74) is 2.33. The Labute approximate surface area is 169 Å². The summed E-state index contributed by atoms with van der Waals surface area (Å²) in [6.07, 6.45) is 10.0. The molecule has 29 heavy (non-hydrogen) atoms. The molecule has 0 amide bonds. The van der Waals surface area contributed by atoms with E-state index < -0.39 is 0 Å². The first-order valence-corrected chi connectivity index (χ1v) is 10.2. The number of hydrogen-bond donors (Lipinski definition) is 1. The van der Waals surface area contributed by atoms with Crippen LogP contribution in [0, 0.1) is 0 Å². The molecule has 0 spiro atoms. The molecular weight excluding hydrogens is 368 g/mol. The van der Waals surface area contributed by atoms with Crippen molar-refractivity contribution < 1.29 is 9.15 Å². The van der Waals surface area contributed by atoms with Gasteiger partial charge in [-0.25, -0.2) is 19.9 Å². The minimum Gasteiger partial charge on any atom is -0.463 e. The maximum Gasteiger partial charge on any atom is 0.225 e. The standard InChI is InChI=1S/C21H24N6O2/c1-2-10-27(9-1)21-22-8-7-17(25-21)16-14-24-20(23-13-15-5-3-11-28-15)26-19(16)18-6-4-12-29-18/h4,6-8,12,14-15H,1-3,5,9-11,13H2,(H,23,24,26)/t15-/m1/s1. The molecule has 8 nitrogen and oxygen atoms in total. The number of hydrogen-bond acceptors (Lipinski definition) is 8. The van der Waals surface area contributed by atoms with E-state index in [-0.39, 0.29) is 6.10 Å². The summed E-state index contributed by atoms with van der Waals surface area (Å²) >= 11 is 0. The summed E-state index contributed by atoms with van der Waals surface area (Å²) < 4.78 is 11.3. The van der Waals surface area contributed by atoms with Gasteiger partial charge in [0.15, 0.2) is 5.76 Å². The molecular formula is C21H24N6O2. The van der Waals surface area contributed by atoms with Crippen molar-refractivity contribution in [2.45, 2.75) is 31.8 Å². The van der Waals surface area contributed by atoms with Crippen molar-refractivity contribution in [3.8, 4) is 22.7 Å². The zero-order valence-corrected chi connectivity index (χ0v) is 16.3. The molecule has 2 aliphatic heterocycles. The van der Waals surface area contributed by atoms with Crippen LogP contribution in [-0.4, -0.2) is 52.3 Å². The molecule has 3 aromatic rings. The molecule has 2 saturated heterocycles. The Bertz CT molecular complexity index is 950. The van der Waals surface area contributed by atoms with Gasteiger partial charge in [0.25, 0.3) is 0 Å². The van der Waals surface area contributed by atoms with Crippen LogP contribution in [0.3, 0.4) is 0 Å². The van der Waals surface area contributed by atoms with Crippen LogP contribution >= 0.6 is 0 Å². The number of nitrogens with zero attached hydrogens (tertiary/aromatic N) is 5. The SMILES string of the molecule is c1coc(-c2nc(NC[C@H]3CCCO3)ncc2-c2ccnc(N3CCCC3)n2)c1. The number of ether oxygens (including phenoxy) is 1. The maximum absolute atomic E-state index is 5.67. The lowest BCUT2D eigenvalue weighted by Gasteiger charge is -2.16. The highest BCUT2D eigenvalue weighted by atomic mass is 16.5. The summed E-state index contributed by atoms with van der Waals surface area (Å²) in [6, 6.07) is 5.65. The largest absolute Gasteiger partial charge is 0.463 e. The highest BCUT2D eigenvalue weighted by Crippen LogP contribution is 2.31. The second kappa shape index (κ2) is 8.16. The summed E-state index contributed by atoms with van der Waals surface area (Å²) in [6.45, 7) is 3.52. The molecule has 1 atom stereocenters. The predicted octanol–water partition coefficient (Wildman–Crippen LogP) is 3.38. The van der Waals surface area contributed by atoms with Gasteiger partial charge in [0, 0.05) is 44.2 Å². The van der Waals surface area contributed by atoms with Gasteiger partial charge in [0.2, 0.25) is 11.9 Å². The minimum atomic E-state index is 0.218. The van der Waals surface area contributed by atoms with E-state index in [2.05, 4.69) is 20.2 Å². The summed E-state index contributed by atoms with van der Waals surface area (Å²) in [5, 5.41) is 3.29. The molecule has 2 aliphatic rings. The molecule has 1 N–H and O–H groups in total. The number of nitrogens with one attached hydrogen (secondary N) is 1. The smallest absolute Gasteiger partial charge is 0.225 e. The fraction of sp³-hybridized carbons (Fsp3) is 0.429.